The second-order valence-electron chi connectivity index (χ2n) is 7.42. The Hall–Kier alpha value is -3.30. The molecule has 1 aliphatic heterocycles. The van der Waals surface area contributed by atoms with Gasteiger partial charge in [0.15, 0.2) is 5.96 Å². The molecule has 0 bridgehead atoms. The van der Waals surface area contributed by atoms with Crippen molar-refractivity contribution >= 4 is 52.6 Å². The Morgan fingerprint density at radius 2 is 2.00 bits per heavy atom. The first-order chi connectivity index (χ1) is 16.4. The van der Waals surface area contributed by atoms with Crippen molar-refractivity contribution < 1.29 is 19.2 Å². The summed E-state index contributed by atoms with van der Waals surface area (Å²) >= 11 is 12.2. The Morgan fingerprint density at radius 3 is 2.74 bits per heavy atom. The molecule has 3 rings (SSSR count). The lowest BCUT2D eigenvalue weighted by Gasteiger charge is -2.11. The smallest absolute Gasteiger partial charge is 0.332 e. The molecule has 180 valence electrons. The summed E-state index contributed by atoms with van der Waals surface area (Å²) in [6.07, 6.45) is 1.08. The maximum Gasteiger partial charge on any atom is 0.332 e. The highest BCUT2D eigenvalue weighted by molar-refractivity contribution is 6.35. The molecule has 2 aromatic rings. The molecule has 0 saturated carbocycles. The number of anilines is 1. The van der Waals surface area contributed by atoms with E-state index in [2.05, 4.69) is 20.9 Å². The van der Waals surface area contributed by atoms with Crippen LogP contribution in [0.3, 0.4) is 0 Å². The zero-order valence-electron chi connectivity index (χ0n) is 18.5. The number of rotatable bonds is 8. The van der Waals surface area contributed by atoms with Crippen molar-refractivity contribution in [3.05, 3.63) is 63.1 Å². The summed E-state index contributed by atoms with van der Waals surface area (Å²) in [5.74, 6) is -1.10. The lowest BCUT2D eigenvalue weighted by atomic mass is 10.0. The number of nitrogens with zero attached hydrogens (tertiary/aromatic N) is 1. The molecule has 0 spiro atoms. The van der Waals surface area contributed by atoms with Crippen molar-refractivity contribution in [2.24, 2.45) is 4.99 Å². The molecule has 1 heterocycles. The van der Waals surface area contributed by atoms with Gasteiger partial charge in [-0.15, -0.1) is 0 Å². The zero-order chi connectivity index (χ0) is 24.5. The highest BCUT2D eigenvalue weighted by Gasteiger charge is 2.14. The van der Waals surface area contributed by atoms with Gasteiger partial charge in [-0.1, -0.05) is 36.2 Å². The number of hydrogen-bond acceptors (Lipinski definition) is 7. The first-order valence-electron chi connectivity index (χ1n) is 10.7. The van der Waals surface area contributed by atoms with Gasteiger partial charge in [0.05, 0.1) is 19.5 Å². The number of benzene rings is 2. The van der Waals surface area contributed by atoms with Gasteiger partial charge in [-0.2, -0.15) is 5.48 Å². The van der Waals surface area contributed by atoms with E-state index in [1.165, 1.54) is 0 Å². The largest absolute Gasteiger partial charge is 0.354 e. The normalized spacial score (nSPS) is 12.4. The van der Waals surface area contributed by atoms with E-state index < -0.39 is 17.8 Å². The first kappa shape index (κ1) is 25.3. The number of hydrogen-bond donors (Lipinski definition) is 4. The Balaban J connectivity index is 1.41. The van der Waals surface area contributed by atoms with Crippen molar-refractivity contribution in [3.63, 3.8) is 0 Å². The Morgan fingerprint density at radius 1 is 1.18 bits per heavy atom. The van der Waals surface area contributed by atoms with Crippen LogP contribution in [0.2, 0.25) is 10.0 Å². The van der Waals surface area contributed by atoms with Crippen LogP contribution in [0.15, 0.2) is 41.4 Å². The Kier molecular flexibility index (Phi) is 9.12. The average Bonchev–Trinajstić information content (AvgIpc) is 3.32. The summed E-state index contributed by atoms with van der Waals surface area (Å²) in [6.45, 7) is 3.05. The molecule has 4 N–H and O–H groups in total. The molecule has 2 aromatic carbocycles. The van der Waals surface area contributed by atoms with Crippen LogP contribution in [-0.4, -0.2) is 43.4 Å². The fraction of sp³-hybridized carbons (Fsp3) is 0.304. The summed E-state index contributed by atoms with van der Waals surface area (Å²) in [5, 5.41) is 9.67. The second-order valence-corrected chi connectivity index (χ2v) is 8.27. The van der Waals surface area contributed by atoms with Gasteiger partial charge in [0, 0.05) is 27.8 Å². The van der Waals surface area contributed by atoms with E-state index in [9.17, 15) is 14.4 Å². The lowest BCUT2D eigenvalue weighted by molar-refractivity contribution is -0.157. The van der Waals surface area contributed by atoms with Gasteiger partial charge in [-0.25, -0.2) is 4.79 Å². The van der Waals surface area contributed by atoms with Crippen LogP contribution < -0.4 is 21.4 Å². The zero-order valence-corrected chi connectivity index (χ0v) is 20.1. The quantitative estimate of drug-likeness (QED) is 0.409. The molecular formula is C23H25Cl2N5O4. The molecule has 0 unspecified atom stereocenters. The highest BCUT2D eigenvalue weighted by atomic mass is 35.5. The van der Waals surface area contributed by atoms with Crippen molar-refractivity contribution in [1.29, 1.82) is 0 Å². The van der Waals surface area contributed by atoms with Crippen LogP contribution in [-0.2, 0) is 27.3 Å². The molecule has 2 amide bonds. The minimum atomic E-state index is -0.666. The van der Waals surface area contributed by atoms with E-state index in [1.807, 2.05) is 12.4 Å². The molecule has 34 heavy (non-hydrogen) atoms. The third-order valence-electron chi connectivity index (χ3n) is 4.95. The molecule has 0 atom stereocenters. The summed E-state index contributed by atoms with van der Waals surface area (Å²) in [5.41, 5.74) is 4.86. The second kappa shape index (κ2) is 12.2. The molecular weight excluding hydrogens is 481 g/mol. The number of carbonyl (C=O) groups excluding carboxylic acids is 3. The fourth-order valence-corrected chi connectivity index (χ4v) is 4.00. The fourth-order valence-electron chi connectivity index (χ4n) is 3.33. The van der Waals surface area contributed by atoms with E-state index in [0.717, 1.165) is 17.7 Å². The van der Waals surface area contributed by atoms with E-state index in [4.69, 9.17) is 28.0 Å². The SMILES string of the molecule is CCc1c(Cl)cc(Cl)cc1CCC(=O)ONC(=O)CNC(=O)c1cccc(NC2=NCCN2)c1. The minimum Gasteiger partial charge on any atom is -0.354 e. The van der Waals surface area contributed by atoms with Crippen LogP contribution in [0.5, 0.6) is 0 Å². The number of nitrogens with one attached hydrogen (secondary N) is 4. The number of amides is 2. The highest BCUT2D eigenvalue weighted by Crippen LogP contribution is 2.26. The third kappa shape index (κ3) is 7.36. The summed E-state index contributed by atoms with van der Waals surface area (Å²) < 4.78 is 0. The van der Waals surface area contributed by atoms with E-state index in [1.54, 1.807) is 36.4 Å². The molecule has 0 aliphatic carbocycles. The number of aryl methyl sites for hydroxylation is 1. The topological polar surface area (TPSA) is 121 Å². The Bertz CT molecular complexity index is 1110. The van der Waals surface area contributed by atoms with E-state index in [-0.39, 0.29) is 13.0 Å². The van der Waals surface area contributed by atoms with E-state index >= 15 is 0 Å². The van der Waals surface area contributed by atoms with Gasteiger partial charge < -0.3 is 20.8 Å². The van der Waals surface area contributed by atoms with Crippen molar-refractivity contribution in [2.45, 2.75) is 26.2 Å². The third-order valence-corrected chi connectivity index (χ3v) is 5.51. The van der Waals surface area contributed by atoms with Gasteiger partial charge >= 0.3 is 5.97 Å². The summed E-state index contributed by atoms with van der Waals surface area (Å²) in [7, 11) is 0. The average molecular weight is 506 g/mol. The number of halogens is 2. The van der Waals surface area contributed by atoms with Crippen LogP contribution >= 0.6 is 23.2 Å². The van der Waals surface area contributed by atoms with Gasteiger partial charge in [0.2, 0.25) is 0 Å². The van der Waals surface area contributed by atoms with Gasteiger partial charge in [-0.05, 0) is 54.3 Å². The van der Waals surface area contributed by atoms with Crippen LogP contribution in [0, 0.1) is 0 Å². The Labute approximate surface area is 207 Å². The molecule has 1 aliphatic rings. The van der Waals surface area contributed by atoms with Gasteiger partial charge in [0.1, 0.15) is 0 Å². The van der Waals surface area contributed by atoms with Gasteiger partial charge in [-0.3, -0.25) is 14.6 Å². The first-order valence-corrected chi connectivity index (χ1v) is 11.5. The van der Waals surface area contributed by atoms with Gasteiger partial charge in [0.25, 0.3) is 11.8 Å². The standard InChI is InChI=1S/C23H25Cl2N5O4/c1-2-18-14(10-16(24)12-19(18)25)6-7-21(32)34-30-20(31)13-28-22(33)15-4-3-5-17(11-15)29-23-26-8-9-27-23/h3-5,10-12H,2,6-9,13H2,1H3,(H,28,33)(H,30,31)(H2,26,27,29). The van der Waals surface area contributed by atoms with Crippen LogP contribution in [0.1, 0.15) is 34.8 Å². The molecule has 0 aromatic heterocycles. The predicted molar refractivity (Wildman–Crippen MR) is 131 cm³/mol. The summed E-state index contributed by atoms with van der Waals surface area (Å²) in [6, 6.07) is 10.2. The summed E-state index contributed by atoms with van der Waals surface area (Å²) in [4.78, 5) is 45.4. The minimum absolute atomic E-state index is 0.0241. The van der Waals surface area contributed by atoms with Crippen molar-refractivity contribution in [3.8, 4) is 0 Å². The number of guanidine groups is 1. The molecule has 0 radical (unpaired) electrons. The maximum atomic E-state index is 12.4. The van der Waals surface area contributed by atoms with Crippen LogP contribution in [0.4, 0.5) is 5.69 Å². The molecule has 0 fully saturated rings. The molecule has 11 heteroatoms. The number of aliphatic imine (C=N–C) groups is 1. The maximum absolute atomic E-state index is 12.4. The monoisotopic (exact) mass is 505 g/mol. The van der Waals surface area contributed by atoms with Crippen molar-refractivity contribution in [1.82, 2.24) is 16.1 Å². The predicted octanol–water partition coefficient (Wildman–Crippen LogP) is 2.86. The number of carbonyl (C=O) groups is 3. The van der Waals surface area contributed by atoms with E-state index in [0.29, 0.717) is 46.6 Å². The van der Waals surface area contributed by atoms with Crippen LogP contribution in [0.25, 0.3) is 0 Å². The lowest BCUT2D eigenvalue weighted by Crippen LogP contribution is -2.38. The van der Waals surface area contributed by atoms with Crippen molar-refractivity contribution in [2.75, 3.05) is 25.0 Å². The number of hydroxylamine groups is 1. The molecule has 0 saturated heterocycles. The molecule has 9 nitrogen and oxygen atoms in total.